The van der Waals surface area contributed by atoms with Gasteiger partial charge in [0.1, 0.15) is 11.5 Å². The molecule has 30 heavy (non-hydrogen) atoms. The van der Waals surface area contributed by atoms with E-state index in [2.05, 4.69) is 4.98 Å². The highest BCUT2D eigenvalue weighted by atomic mass is 32.1. The van der Waals surface area contributed by atoms with Crippen molar-refractivity contribution in [1.82, 2.24) is 9.88 Å². The number of morpholine rings is 1. The topological polar surface area (TPSA) is 91.9 Å². The van der Waals surface area contributed by atoms with Crippen LogP contribution in [-0.2, 0) is 22.4 Å². The van der Waals surface area contributed by atoms with Crippen molar-refractivity contribution in [3.05, 3.63) is 74.2 Å². The average Bonchev–Trinajstić information content (AvgIpc) is 3.08. The molecule has 3 aromatic rings. The summed E-state index contributed by atoms with van der Waals surface area (Å²) < 4.78 is 11.2. The van der Waals surface area contributed by atoms with Gasteiger partial charge in [0.25, 0.3) is 0 Å². The zero-order chi connectivity index (χ0) is 20.9. The number of aromatic amines is 1. The van der Waals surface area contributed by atoms with Crippen molar-refractivity contribution in [1.29, 1.82) is 0 Å². The molecule has 0 spiro atoms. The van der Waals surface area contributed by atoms with Crippen LogP contribution in [0, 0.1) is 0 Å². The number of amides is 1. The Kier molecular flexibility index (Phi) is 6.15. The van der Waals surface area contributed by atoms with Gasteiger partial charge in [-0.15, -0.1) is 0 Å². The number of aromatic hydroxyl groups is 1. The van der Waals surface area contributed by atoms with Gasteiger partial charge in [0.15, 0.2) is 0 Å². The second kappa shape index (κ2) is 9.15. The SMILES string of the molecule is O=C(Cc1ccc(Oc2ccc(Cc3sc(=O)[nH]c3O)cc2)cc1)N1CCOCC1. The Hall–Kier alpha value is -3.10. The number of hydrogen-bond acceptors (Lipinski definition) is 6. The molecule has 0 unspecified atom stereocenters. The Labute approximate surface area is 177 Å². The number of nitrogens with one attached hydrogen (secondary N) is 1. The molecule has 8 heteroatoms. The Bertz CT molecular complexity index is 1050. The van der Waals surface area contributed by atoms with Crippen LogP contribution < -0.4 is 9.61 Å². The number of carbonyl (C=O) groups is 1. The molecular formula is C22H22N2O5S. The number of H-pyrrole nitrogens is 1. The molecule has 1 aromatic heterocycles. The third-order valence-corrected chi connectivity index (χ3v) is 5.74. The first-order chi connectivity index (χ1) is 14.6. The molecule has 0 aliphatic carbocycles. The van der Waals surface area contributed by atoms with Crippen molar-refractivity contribution in [3.63, 3.8) is 0 Å². The van der Waals surface area contributed by atoms with Gasteiger partial charge in [-0.3, -0.25) is 14.6 Å². The number of benzene rings is 2. The van der Waals surface area contributed by atoms with E-state index in [0.29, 0.717) is 55.5 Å². The molecule has 1 aliphatic heterocycles. The van der Waals surface area contributed by atoms with Gasteiger partial charge in [-0.05, 0) is 35.4 Å². The van der Waals surface area contributed by atoms with Crippen LogP contribution in [-0.4, -0.2) is 47.2 Å². The van der Waals surface area contributed by atoms with E-state index in [9.17, 15) is 14.7 Å². The summed E-state index contributed by atoms with van der Waals surface area (Å²) in [4.78, 5) is 28.2. The van der Waals surface area contributed by atoms with Crippen LogP contribution in [0.25, 0.3) is 0 Å². The molecule has 2 heterocycles. The van der Waals surface area contributed by atoms with Gasteiger partial charge in [-0.25, -0.2) is 0 Å². The van der Waals surface area contributed by atoms with E-state index in [1.807, 2.05) is 53.4 Å². The van der Waals surface area contributed by atoms with Gasteiger partial charge >= 0.3 is 4.87 Å². The molecule has 4 rings (SSSR count). The normalized spacial score (nSPS) is 13.9. The Morgan fingerprint density at radius 2 is 1.63 bits per heavy atom. The van der Waals surface area contributed by atoms with E-state index in [1.165, 1.54) is 0 Å². The second-order valence-electron chi connectivity index (χ2n) is 7.02. The molecular weight excluding hydrogens is 404 g/mol. The Morgan fingerprint density at radius 1 is 1.03 bits per heavy atom. The average molecular weight is 426 g/mol. The summed E-state index contributed by atoms with van der Waals surface area (Å²) >= 11 is 1.00. The molecule has 2 N–H and O–H groups in total. The fourth-order valence-electron chi connectivity index (χ4n) is 3.24. The Balaban J connectivity index is 1.33. The summed E-state index contributed by atoms with van der Waals surface area (Å²) in [7, 11) is 0. The highest BCUT2D eigenvalue weighted by Crippen LogP contribution is 2.25. The highest BCUT2D eigenvalue weighted by Gasteiger charge is 2.17. The molecule has 7 nitrogen and oxygen atoms in total. The minimum Gasteiger partial charge on any atom is -0.494 e. The summed E-state index contributed by atoms with van der Waals surface area (Å²) in [5.41, 5.74) is 1.91. The van der Waals surface area contributed by atoms with Crippen LogP contribution in [0.3, 0.4) is 0 Å². The molecule has 0 saturated carbocycles. The standard InChI is InChI=1S/C22H22N2O5S/c25-20(24-9-11-28-12-10-24)14-16-3-7-18(8-4-16)29-17-5-1-15(2-6-17)13-19-21(26)23-22(27)30-19/h1-8,26H,9-14H2,(H,23,27). The molecule has 1 saturated heterocycles. The van der Waals surface area contributed by atoms with Gasteiger partial charge in [-0.1, -0.05) is 35.6 Å². The third kappa shape index (κ3) is 5.08. The lowest BCUT2D eigenvalue weighted by Crippen LogP contribution is -2.41. The van der Waals surface area contributed by atoms with Gasteiger partial charge in [0.05, 0.1) is 24.5 Å². The number of nitrogens with zero attached hydrogens (tertiary/aromatic N) is 1. The molecule has 0 atom stereocenters. The monoisotopic (exact) mass is 426 g/mol. The lowest BCUT2D eigenvalue weighted by atomic mass is 10.1. The zero-order valence-corrected chi connectivity index (χ0v) is 17.1. The predicted octanol–water partition coefficient (Wildman–Crippen LogP) is 2.93. The first-order valence-corrected chi connectivity index (χ1v) is 10.5. The summed E-state index contributed by atoms with van der Waals surface area (Å²) in [5.74, 6) is 1.41. The molecule has 156 valence electrons. The lowest BCUT2D eigenvalue weighted by Gasteiger charge is -2.26. The van der Waals surface area contributed by atoms with E-state index in [4.69, 9.17) is 9.47 Å². The van der Waals surface area contributed by atoms with Gasteiger partial charge in [0, 0.05) is 19.5 Å². The highest BCUT2D eigenvalue weighted by molar-refractivity contribution is 7.09. The van der Waals surface area contributed by atoms with Crippen molar-refractivity contribution >= 4 is 17.2 Å². The van der Waals surface area contributed by atoms with Crippen LogP contribution in [0.1, 0.15) is 16.0 Å². The van der Waals surface area contributed by atoms with E-state index < -0.39 is 0 Å². The number of aromatic nitrogens is 1. The number of carbonyl (C=O) groups excluding carboxylic acids is 1. The van der Waals surface area contributed by atoms with Crippen LogP contribution in [0.5, 0.6) is 17.4 Å². The Morgan fingerprint density at radius 3 is 2.20 bits per heavy atom. The second-order valence-corrected chi connectivity index (χ2v) is 8.09. The van der Waals surface area contributed by atoms with Gasteiger partial charge < -0.3 is 19.5 Å². The molecule has 0 radical (unpaired) electrons. The lowest BCUT2D eigenvalue weighted by molar-refractivity contribution is -0.134. The van der Waals surface area contributed by atoms with Gasteiger partial charge in [0.2, 0.25) is 11.8 Å². The minimum atomic E-state index is -0.266. The van der Waals surface area contributed by atoms with Crippen LogP contribution >= 0.6 is 11.3 Å². The van der Waals surface area contributed by atoms with Crippen molar-refractivity contribution in [2.45, 2.75) is 12.8 Å². The fourth-order valence-corrected chi connectivity index (χ4v) is 4.00. The quantitative estimate of drug-likeness (QED) is 0.632. The van der Waals surface area contributed by atoms with Crippen LogP contribution in [0.2, 0.25) is 0 Å². The molecule has 2 aromatic carbocycles. The van der Waals surface area contributed by atoms with Crippen molar-refractivity contribution < 1.29 is 19.4 Å². The largest absolute Gasteiger partial charge is 0.494 e. The van der Waals surface area contributed by atoms with Crippen molar-refractivity contribution in [2.75, 3.05) is 26.3 Å². The first kappa shape index (κ1) is 20.2. The predicted molar refractivity (Wildman–Crippen MR) is 113 cm³/mol. The molecule has 1 amide bonds. The number of thiazole rings is 1. The van der Waals surface area contributed by atoms with E-state index in [-0.39, 0.29) is 16.7 Å². The minimum absolute atomic E-state index is 0.0717. The number of rotatable bonds is 6. The van der Waals surface area contributed by atoms with E-state index in [1.54, 1.807) is 0 Å². The van der Waals surface area contributed by atoms with E-state index >= 15 is 0 Å². The summed E-state index contributed by atoms with van der Waals surface area (Å²) in [5, 5.41) is 9.69. The van der Waals surface area contributed by atoms with Crippen LogP contribution in [0.4, 0.5) is 0 Å². The fraction of sp³-hybridized carbons (Fsp3) is 0.273. The van der Waals surface area contributed by atoms with Crippen molar-refractivity contribution in [2.24, 2.45) is 0 Å². The maximum Gasteiger partial charge on any atom is 0.307 e. The maximum absolute atomic E-state index is 12.3. The number of hydrogen-bond donors (Lipinski definition) is 2. The van der Waals surface area contributed by atoms with E-state index in [0.717, 1.165) is 22.5 Å². The summed E-state index contributed by atoms with van der Waals surface area (Å²) in [6, 6.07) is 15.0. The van der Waals surface area contributed by atoms with Gasteiger partial charge in [-0.2, -0.15) is 0 Å². The molecule has 1 aliphatic rings. The molecule has 0 bridgehead atoms. The summed E-state index contributed by atoms with van der Waals surface area (Å²) in [6.07, 6.45) is 0.842. The molecule has 1 fully saturated rings. The van der Waals surface area contributed by atoms with Crippen molar-refractivity contribution in [3.8, 4) is 17.4 Å². The zero-order valence-electron chi connectivity index (χ0n) is 16.3. The maximum atomic E-state index is 12.3. The third-order valence-electron chi connectivity index (χ3n) is 4.87. The summed E-state index contributed by atoms with van der Waals surface area (Å²) in [6.45, 7) is 2.50. The van der Waals surface area contributed by atoms with Crippen LogP contribution in [0.15, 0.2) is 53.3 Å². The first-order valence-electron chi connectivity index (χ1n) is 9.69. The smallest absolute Gasteiger partial charge is 0.307 e. The number of ether oxygens (including phenoxy) is 2.